The van der Waals surface area contributed by atoms with Gasteiger partial charge in [-0.05, 0) is 53.8 Å². The van der Waals surface area contributed by atoms with Crippen molar-refractivity contribution in [2.24, 2.45) is 0 Å². The molecule has 35 heavy (non-hydrogen) atoms. The van der Waals surface area contributed by atoms with Gasteiger partial charge in [-0.25, -0.2) is 4.79 Å². The fraction of sp³-hybridized carbons (Fsp3) is 0.280. The molecule has 0 saturated heterocycles. The summed E-state index contributed by atoms with van der Waals surface area (Å²) >= 11 is 0. The van der Waals surface area contributed by atoms with Crippen LogP contribution in [0, 0.1) is 0 Å². The maximum atomic E-state index is 13.7. The second-order valence-corrected chi connectivity index (χ2v) is 7.74. The third-order valence-electron chi connectivity index (χ3n) is 5.50. The van der Waals surface area contributed by atoms with Crippen molar-refractivity contribution in [3.8, 4) is 0 Å². The number of anilines is 1. The van der Waals surface area contributed by atoms with Crippen LogP contribution in [0.25, 0.3) is 0 Å². The van der Waals surface area contributed by atoms with Crippen LogP contribution < -0.4 is 10.6 Å². The van der Waals surface area contributed by atoms with Crippen LogP contribution in [0.3, 0.4) is 0 Å². The number of nitrogens with zero attached hydrogens (tertiary/aromatic N) is 1. The van der Waals surface area contributed by atoms with Gasteiger partial charge in [0, 0.05) is 11.9 Å². The molecule has 0 saturated carbocycles. The third kappa shape index (κ3) is 6.12. The summed E-state index contributed by atoms with van der Waals surface area (Å²) in [6.07, 6.45) is -7.09. The average molecular weight is 495 g/mol. The van der Waals surface area contributed by atoms with Gasteiger partial charge >= 0.3 is 18.4 Å². The van der Waals surface area contributed by atoms with Crippen LogP contribution in [0.2, 0.25) is 0 Å². The standard InChI is InChI=1S/C25H23F6N3O/c1-3-15-7-5-8-16(4-2)20(15)33-23(35)34-21(17-10-12-18(13-11-17)24(26,27)28)22-19(25(29,30)31)9-6-14-32-22/h5-14,21H,3-4H2,1-2H3,(H2,33,34,35). The minimum Gasteiger partial charge on any atom is -0.325 e. The molecule has 10 heteroatoms. The molecule has 3 aromatic rings. The number of aryl methyl sites for hydroxylation is 2. The van der Waals surface area contributed by atoms with Crippen LogP contribution in [0.5, 0.6) is 0 Å². The lowest BCUT2D eigenvalue weighted by Crippen LogP contribution is -2.35. The second-order valence-electron chi connectivity index (χ2n) is 7.74. The topological polar surface area (TPSA) is 54.0 Å². The highest BCUT2D eigenvalue weighted by molar-refractivity contribution is 5.91. The van der Waals surface area contributed by atoms with Crippen molar-refractivity contribution < 1.29 is 31.1 Å². The summed E-state index contributed by atoms with van der Waals surface area (Å²) in [6, 6.07) is 8.67. The molecule has 0 aliphatic carbocycles. The molecule has 186 valence electrons. The number of aromatic nitrogens is 1. The predicted octanol–water partition coefficient (Wildman–Crippen LogP) is 7.16. The number of hydrogen-bond acceptors (Lipinski definition) is 2. The molecule has 1 atom stereocenters. The highest BCUT2D eigenvalue weighted by Crippen LogP contribution is 2.36. The number of rotatable bonds is 6. The summed E-state index contributed by atoms with van der Waals surface area (Å²) < 4.78 is 80.2. The Labute approximate surface area is 198 Å². The van der Waals surface area contributed by atoms with Gasteiger partial charge in [0.25, 0.3) is 0 Å². The van der Waals surface area contributed by atoms with Gasteiger partial charge in [0.1, 0.15) is 0 Å². The van der Waals surface area contributed by atoms with E-state index in [9.17, 15) is 31.1 Å². The lowest BCUT2D eigenvalue weighted by Gasteiger charge is -2.24. The summed E-state index contributed by atoms with van der Waals surface area (Å²) in [7, 11) is 0. The van der Waals surface area contributed by atoms with E-state index in [-0.39, 0.29) is 5.56 Å². The molecule has 0 radical (unpaired) electrons. The van der Waals surface area contributed by atoms with Crippen molar-refractivity contribution in [2.45, 2.75) is 45.1 Å². The molecular weight excluding hydrogens is 472 g/mol. The smallest absolute Gasteiger partial charge is 0.325 e. The Morgan fingerprint density at radius 2 is 1.46 bits per heavy atom. The van der Waals surface area contributed by atoms with E-state index in [4.69, 9.17) is 0 Å². The number of carbonyl (C=O) groups is 1. The Kier molecular flexibility index (Phi) is 7.72. The molecule has 1 aromatic heterocycles. The Bertz CT molecular complexity index is 1150. The minimum atomic E-state index is -4.80. The van der Waals surface area contributed by atoms with E-state index in [1.54, 1.807) is 0 Å². The molecule has 4 nitrogen and oxygen atoms in total. The van der Waals surface area contributed by atoms with Gasteiger partial charge < -0.3 is 10.6 Å². The number of pyridine rings is 1. The normalized spacial score (nSPS) is 12.8. The number of halogens is 6. The first-order chi connectivity index (χ1) is 16.5. The lowest BCUT2D eigenvalue weighted by molar-refractivity contribution is -0.139. The van der Waals surface area contributed by atoms with Crippen LogP contribution >= 0.6 is 0 Å². The molecule has 2 N–H and O–H groups in total. The molecule has 0 fully saturated rings. The van der Waals surface area contributed by atoms with Gasteiger partial charge in [0.2, 0.25) is 0 Å². The van der Waals surface area contributed by atoms with Crippen LogP contribution in [0.1, 0.15) is 53.4 Å². The van der Waals surface area contributed by atoms with Crippen LogP contribution in [-0.2, 0) is 25.2 Å². The molecule has 0 aliphatic heterocycles. The number of benzene rings is 2. The molecular formula is C25H23F6N3O. The first-order valence-corrected chi connectivity index (χ1v) is 10.8. The molecule has 1 heterocycles. The fourth-order valence-corrected chi connectivity index (χ4v) is 3.75. The maximum Gasteiger partial charge on any atom is 0.418 e. The van der Waals surface area contributed by atoms with Gasteiger partial charge in [0.05, 0.1) is 22.9 Å². The van der Waals surface area contributed by atoms with Gasteiger partial charge in [-0.1, -0.05) is 44.2 Å². The van der Waals surface area contributed by atoms with Crippen molar-refractivity contribution in [3.63, 3.8) is 0 Å². The predicted molar refractivity (Wildman–Crippen MR) is 120 cm³/mol. The van der Waals surface area contributed by atoms with Crippen molar-refractivity contribution in [3.05, 3.63) is 94.3 Å². The Balaban J connectivity index is 2.03. The van der Waals surface area contributed by atoms with E-state index < -0.39 is 41.2 Å². The quantitative estimate of drug-likeness (QED) is 0.357. The molecule has 1 unspecified atom stereocenters. The summed E-state index contributed by atoms with van der Waals surface area (Å²) in [5.74, 6) is 0. The molecule has 2 amide bonds. The highest BCUT2D eigenvalue weighted by Gasteiger charge is 2.37. The molecule has 0 spiro atoms. The van der Waals surface area contributed by atoms with E-state index in [0.717, 1.165) is 53.7 Å². The Morgan fingerprint density at radius 1 is 0.857 bits per heavy atom. The zero-order valence-electron chi connectivity index (χ0n) is 18.9. The third-order valence-corrected chi connectivity index (χ3v) is 5.50. The summed E-state index contributed by atoms with van der Waals surface area (Å²) in [6.45, 7) is 3.79. The first-order valence-electron chi connectivity index (χ1n) is 10.8. The van der Waals surface area contributed by atoms with E-state index in [0.29, 0.717) is 18.5 Å². The van der Waals surface area contributed by atoms with Crippen molar-refractivity contribution in [1.29, 1.82) is 0 Å². The van der Waals surface area contributed by atoms with Crippen LogP contribution in [0.4, 0.5) is 36.8 Å². The van der Waals surface area contributed by atoms with Crippen molar-refractivity contribution in [2.75, 3.05) is 5.32 Å². The van der Waals surface area contributed by atoms with Crippen LogP contribution in [0.15, 0.2) is 60.8 Å². The van der Waals surface area contributed by atoms with Gasteiger partial charge in [0.15, 0.2) is 0 Å². The largest absolute Gasteiger partial charge is 0.418 e. The van der Waals surface area contributed by atoms with E-state index in [2.05, 4.69) is 15.6 Å². The van der Waals surface area contributed by atoms with E-state index in [1.807, 2.05) is 32.0 Å². The number of carbonyl (C=O) groups excluding carboxylic acids is 1. The van der Waals surface area contributed by atoms with Crippen molar-refractivity contribution >= 4 is 11.7 Å². The van der Waals surface area contributed by atoms with Gasteiger partial charge in [-0.15, -0.1) is 0 Å². The lowest BCUT2D eigenvalue weighted by atomic mass is 9.97. The number of alkyl halides is 6. The highest BCUT2D eigenvalue weighted by atomic mass is 19.4. The monoisotopic (exact) mass is 495 g/mol. The summed E-state index contributed by atoms with van der Waals surface area (Å²) in [4.78, 5) is 16.8. The number of nitrogens with one attached hydrogen (secondary N) is 2. The van der Waals surface area contributed by atoms with Gasteiger partial charge in [-0.3, -0.25) is 4.98 Å². The zero-order chi connectivity index (χ0) is 25.8. The van der Waals surface area contributed by atoms with E-state index in [1.165, 1.54) is 0 Å². The molecule has 2 aromatic carbocycles. The summed E-state index contributed by atoms with van der Waals surface area (Å²) in [5.41, 5.74) is -0.386. The molecule has 0 aliphatic rings. The SMILES string of the molecule is CCc1cccc(CC)c1NC(=O)NC(c1ccc(C(F)(F)F)cc1)c1ncccc1C(F)(F)F. The van der Waals surface area contributed by atoms with Crippen molar-refractivity contribution in [1.82, 2.24) is 10.3 Å². The van der Waals surface area contributed by atoms with Gasteiger partial charge in [-0.2, -0.15) is 26.3 Å². The fourth-order valence-electron chi connectivity index (χ4n) is 3.75. The first kappa shape index (κ1) is 26.1. The zero-order valence-corrected chi connectivity index (χ0v) is 18.9. The Hall–Kier alpha value is -3.56. The Morgan fingerprint density at radius 3 is 1.97 bits per heavy atom. The maximum absolute atomic E-state index is 13.7. The second kappa shape index (κ2) is 10.4. The number of urea groups is 1. The number of amides is 2. The average Bonchev–Trinajstić information content (AvgIpc) is 2.81. The van der Waals surface area contributed by atoms with Crippen LogP contribution in [-0.4, -0.2) is 11.0 Å². The molecule has 0 bridgehead atoms. The minimum absolute atomic E-state index is 0.0110. The number of hydrogen-bond donors (Lipinski definition) is 2. The summed E-state index contributed by atoms with van der Waals surface area (Å²) in [5, 5.41) is 5.18. The number of para-hydroxylation sites is 1. The van der Waals surface area contributed by atoms with E-state index >= 15 is 0 Å². The molecule has 3 rings (SSSR count).